The van der Waals surface area contributed by atoms with Crippen LogP contribution in [0.5, 0.6) is 0 Å². The molecule has 0 aliphatic heterocycles. The van der Waals surface area contributed by atoms with Crippen LogP contribution in [-0.4, -0.2) is 49.6 Å². The van der Waals surface area contributed by atoms with Gasteiger partial charge in [-0.2, -0.15) is 0 Å². The maximum atomic E-state index is 12.7. The van der Waals surface area contributed by atoms with Crippen LogP contribution in [0.15, 0.2) is 53.4 Å². The maximum absolute atomic E-state index is 12.7. The molecule has 1 atom stereocenters. The number of carbonyl (C=O) groups excluding carboxylic acids is 1. The van der Waals surface area contributed by atoms with E-state index in [1.165, 1.54) is 55.4 Å². The number of non-ortho nitro benzene ring substituents is 1. The van der Waals surface area contributed by atoms with Crippen molar-refractivity contribution in [2.24, 2.45) is 0 Å². The molecular weight excluding hydrogens is 370 g/mol. The van der Waals surface area contributed by atoms with Crippen LogP contribution in [0.4, 0.5) is 5.69 Å². The number of carbonyl (C=O) groups is 1. The van der Waals surface area contributed by atoms with Gasteiger partial charge in [0.25, 0.3) is 11.6 Å². The van der Waals surface area contributed by atoms with E-state index in [0.29, 0.717) is 11.1 Å². The van der Waals surface area contributed by atoms with Gasteiger partial charge in [0.15, 0.2) is 0 Å². The van der Waals surface area contributed by atoms with Crippen molar-refractivity contribution < 1.29 is 18.1 Å². The molecule has 0 saturated heterocycles. The van der Waals surface area contributed by atoms with Gasteiger partial charge in [0.05, 0.1) is 15.9 Å². The topological polar surface area (TPSA) is 101 Å². The van der Waals surface area contributed by atoms with E-state index < -0.39 is 21.0 Å². The molecule has 0 unspecified atom stereocenters. The number of nitrogens with zero attached hydrogens (tertiary/aromatic N) is 3. The highest BCUT2D eigenvalue weighted by Crippen LogP contribution is 2.24. The summed E-state index contributed by atoms with van der Waals surface area (Å²) < 4.78 is 25.3. The number of rotatable bonds is 6. The zero-order valence-electron chi connectivity index (χ0n) is 15.5. The highest BCUT2D eigenvalue weighted by molar-refractivity contribution is 7.89. The lowest BCUT2D eigenvalue weighted by molar-refractivity contribution is -0.384. The van der Waals surface area contributed by atoms with Crippen molar-refractivity contribution in [1.82, 2.24) is 9.21 Å². The molecule has 0 heterocycles. The number of nitro benzene ring substituents is 1. The Kier molecular flexibility index (Phi) is 5.97. The molecular formula is C18H21N3O5S. The van der Waals surface area contributed by atoms with Crippen LogP contribution in [0.3, 0.4) is 0 Å². The van der Waals surface area contributed by atoms with Gasteiger partial charge < -0.3 is 4.90 Å². The van der Waals surface area contributed by atoms with Gasteiger partial charge in [-0.05, 0) is 36.8 Å². The first-order valence-electron chi connectivity index (χ1n) is 8.10. The van der Waals surface area contributed by atoms with Crippen LogP contribution in [0.25, 0.3) is 0 Å². The van der Waals surface area contributed by atoms with E-state index >= 15 is 0 Å². The predicted molar refractivity (Wildman–Crippen MR) is 101 cm³/mol. The molecule has 2 rings (SSSR count). The van der Waals surface area contributed by atoms with Crippen LogP contribution in [0.1, 0.15) is 28.9 Å². The van der Waals surface area contributed by atoms with E-state index in [-0.39, 0.29) is 16.5 Å². The fourth-order valence-corrected chi connectivity index (χ4v) is 3.38. The minimum absolute atomic E-state index is 0.0431. The van der Waals surface area contributed by atoms with Gasteiger partial charge in [-0.1, -0.05) is 12.1 Å². The summed E-state index contributed by atoms with van der Waals surface area (Å²) in [5.41, 5.74) is 0.915. The van der Waals surface area contributed by atoms with Gasteiger partial charge >= 0.3 is 0 Å². The van der Waals surface area contributed by atoms with Gasteiger partial charge in [0.1, 0.15) is 0 Å². The smallest absolute Gasteiger partial charge is 0.269 e. The monoisotopic (exact) mass is 391 g/mol. The molecule has 0 radical (unpaired) electrons. The summed E-state index contributed by atoms with van der Waals surface area (Å²) in [6.45, 7) is 1.77. The first kappa shape index (κ1) is 20.5. The summed E-state index contributed by atoms with van der Waals surface area (Å²) in [6.07, 6.45) is 0. The molecule has 2 aromatic rings. The third kappa shape index (κ3) is 4.32. The Balaban J connectivity index is 2.24. The van der Waals surface area contributed by atoms with Gasteiger partial charge in [-0.3, -0.25) is 14.9 Å². The molecule has 0 aliphatic rings. The molecule has 2 aromatic carbocycles. The van der Waals surface area contributed by atoms with Gasteiger partial charge in [0, 0.05) is 38.8 Å². The Morgan fingerprint density at radius 1 is 1.07 bits per heavy atom. The predicted octanol–water partition coefficient (Wildman–Crippen LogP) is 2.68. The SMILES string of the molecule is C[C@H](c1cccc([N+](=O)[O-])c1)N(C)C(=O)c1ccc(S(=O)(=O)N(C)C)cc1. The van der Waals surface area contributed by atoms with E-state index in [9.17, 15) is 23.3 Å². The van der Waals surface area contributed by atoms with E-state index in [0.717, 1.165) is 4.31 Å². The molecule has 144 valence electrons. The van der Waals surface area contributed by atoms with Gasteiger partial charge in [0.2, 0.25) is 10.0 Å². The Labute approximate surface area is 158 Å². The molecule has 0 aliphatic carbocycles. The molecule has 1 amide bonds. The number of sulfonamides is 1. The highest BCUT2D eigenvalue weighted by Gasteiger charge is 2.22. The molecule has 8 nitrogen and oxygen atoms in total. The van der Waals surface area contributed by atoms with Crippen LogP contribution >= 0.6 is 0 Å². The molecule has 0 aromatic heterocycles. The minimum Gasteiger partial charge on any atom is -0.335 e. The largest absolute Gasteiger partial charge is 0.335 e. The molecule has 0 fully saturated rings. The fraction of sp³-hybridized carbons (Fsp3) is 0.278. The molecule has 27 heavy (non-hydrogen) atoms. The average Bonchev–Trinajstić information content (AvgIpc) is 2.66. The van der Waals surface area contributed by atoms with E-state index in [4.69, 9.17) is 0 Å². The van der Waals surface area contributed by atoms with Gasteiger partial charge in [-0.15, -0.1) is 0 Å². The molecule has 0 bridgehead atoms. The molecule has 0 N–H and O–H groups in total. The van der Waals surface area contributed by atoms with E-state index in [1.807, 2.05) is 0 Å². The second-order valence-electron chi connectivity index (χ2n) is 6.26. The zero-order valence-corrected chi connectivity index (χ0v) is 16.3. The quantitative estimate of drug-likeness (QED) is 0.557. The summed E-state index contributed by atoms with van der Waals surface area (Å²) in [5.74, 6) is -0.317. The summed E-state index contributed by atoms with van der Waals surface area (Å²) in [6, 6.07) is 11.4. The van der Waals surface area contributed by atoms with Crippen molar-refractivity contribution in [3.8, 4) is 0 Å². The second kappa shape index (κ2) is 7.85. The van der Waals surface area contributed by atoms with Crippen molar-refractivity contribution in [1.29, 1.82) is 0 Å². The third-order valence-corrected chi connectivity index (χ3v) is 6.17. The van der Waals surface area contributed by atoms with Crippen LogP contribution < -0.4 is 0 Å². The maximum Gasteiger partial charge on any atom is 0.269 e. The number of hydrogen-bond donors (Lipinski definition) is 0. The summed E-state index contributed by atoms with van der Waals surface area (Å²) in [4.78, 5) is 24.7. The van der Waals surface area contributed by atoms with E-state index in [1.54, 1.807) is 26.1 Å². The number of nitro groups is 1. The Morgan fingerprint density at radius 3 is 2.19 bits per heavy atom. The zero-order chi connectivity index (χ0) is 20.4. The van der Waals surface area contributed by atoms with Crippen molar-refractivity contribution >= 4 is 21.6 Å². The third-order valence-electron chi connectivity index (χ3n) is 4.34. The van der Waals surface area contributed by atoms with Crippen LogP contribution in [0.2, 0.25) is 0 Å². The lowest BCUT2D eigenvalue weighted by Gasteiger charge is -2.25. The van der Waals surface area contributed by atoms with Crippen molar-refractivity contribution in [2.75, 3.05) is 21.1 Å². The molecule has 0 saturated carbocycles. The van der Waals surface area contributed by atoms with Gasteiger partial charge in [-0.25, -0.2) is 12.7 Å². The number of amides is 1. The summed E-state index contributed by atoms with van der Waals surface area (Å²) in [7, 11) is 0.893. The van der Waals surface area contributed by atoms with Crippen LogP contribution in [-0.2, 0) is 10.0 Å². The van der Waals surface area contributed by atoms with Crippen LogP contribution in [0, 0.1) is 10.1 Å². The fourth-order valence-electron chi connectivity index (χ4n) is 2.48. The van der Waals surface area contributed by atoms with Crippen molar-refractivity contribution in [3.63, 3.8) is 0 Å². The number of benzene rings is 2. The Hall–Kier alpha value is -2.78. The summed E-state index contributed by atoms with van der Waals surface area (Å²) in [5, 5.41) is 10.9. The first-order valence-corrected chi connectivity index (χ1v) is 9.54. The van der Waals surface area contributed by atoms with E-state index in [2.05, 4.69) is 0 Å². The lowest BCUT2D eigenvalue weighted by Crippen LogP contribution is -2.29. The first-order chi connectivity index (χ1) is 12.6. The van der Waals surface area contributed by atoms with Crippen molar-refractivity contribution in [2.45, 2.75) is 17.9 Å². The lowest BCUT2D eigenvalue weighted by atomic mass is 10.1. The normalized spacial score (nSPS) is 12.6. The highest BCUT2D eigenvalue weighted by atomic mass is 32.2. The molecule has 0 spiro atoms. The minimum atomic E-state index is -3.57. The van der Waals surface area contributed by atoms with Crippen molar-refractivity contribution in [3.05, 3.63) is 69.8 Å². The number of hydrogen-bond acceptors (Lipinski definition) is 5. The molecule has 9 heteroatoms. The Morgan fingerprint density at radius 2 is 1.67 bits per heavy atom. The average molecular weight is 391 g/mol. The second-order valence-corrected chi connectivity index (χ2v) is 8.41. The summed E-state index contributed by atoms with van der Waals surface area (Å²) >= 11 is 0. The standard InChI is InChI=1S/C18H21N3O5S/c1-13(15-6-5-7-16(12-15)21(23)24)20(4)18(22)14-8-10-17(11-9-14)27(25,26)19(2)3/h5-13H,1-4H3/t13-/m1/s1. The Bertz CT molecular complexity index is 955.